The Morgan fingerprint density at radius 2 is 0.809 bits per heavy atom. The summed E-state index contributed by atoms with van der Waals surface area (Å²) in [5.74, 6) is -1.77. The first-order valence-electron chi connectivity index (χ1n) is 28.5. The molecule has 0 radical (unpaired) electrons. The van der Waals surface area contributed by atoms with E-state index in [1.807, 2.05) is 0 Å². The second-order valence-electron chi connectivity index (χ2n) is 19.4. The molecular weight excluding hydrogens is 874 g/mol. The summed E-state index contributed by atoms with van der Waals surface area (Å²) in [7, 11) is -4.63. The Morgan fingerprint density at radius 3 is 1.21 bits per heavy atom. The molecule has 0 saturated heterocycles. The van der Waals surface area contributed by atoms with Gasteiger partial charge in [0.2, 0.25) is 0 Å². The first kappa shape index (κ1) is 66.2. The molecule has 0 bridgehead atoms. The summed E-state index contributed by atoms with van der Waals surface area (Å²) in [6.45, 7) is 3.92. The van der Waals surface area contributed by atoms with Gasteiger partial charge in [0, 0.05) is 13.0 Å². The zero-order chi connectivity index (χ0) is 49.7. The maximum Gasteiger partial charge on any atom is 0.472 e. The third-order valence-electron chi connectivity index (χ3n) is 12.7. The molecule has 0 fully saturated rings. The fraction of sp³-hybridized carbons (Fsp3) is 0.860. The van der Waals surface area contributed by atoms with E-state index in [1.165, 1.54) is 193 Å². The normalized spacial score (nSPS) is 13.8. The number of ether oxygens (including phenoxy) is 2. The van der Waals surface area contributed by atoms with Crippen molar-refractivity contribution in [3.8, 4) is 0 Å². The van der Waals surface area contributed by atoms with Gasteiger partial charge in [0.15, 0.2) is 0 Å². The highest BCUT2D eigenvalue weighted by Crippen LogP contribution is 2.43. The molecule has 0 aliphatic heterocycles. The highest BCUT2D eigenvalue weighted by molar-refractivity contribution is 7.47. The quantitative estimate of drug-likeness (QED) is 0.0232. The summed E-state index contributed by atoms with van der Waals surface area (Å²) in [5.41, 5.74) is 5.39. The van der Waals surface area contributed by atoms with Crippen LogP contribution in [-0.2, 0) is 32.7 Å². The van der Waals surface area contributed by atoms with Crippen molar-refractivity contribution in [3.63, 3.8) is 0 Å². The molecular formula is C57H108NO9P. The van der Waals surface area contributed by atoms with E-state index < -0.39 is 45.1 Å². The maximum atomic E-state index is 12.7. The van der Waals surface area contributed by atoms with Gasteiger partial charge in [-0.15, -0.1) is 0 Å². The van der Waals surface area contributed by atoms with Gasteiger partial charge in [-0.05, 0) is 51.4 Å². The van der Waals surface area contributed by atoms with E-state index in [9.17, 15) is 19.0 Å². The van der Waals surface area contributed by atoms with Crippen LogP contribution in [0, 0.1) is 0 Å². The summed E-state index contributed by atoms with van der Waals surface area (Å²) in [5, 5.41) is 8.95. The molecule has 0 amide bonds. The van der Waals surface area contributed by atoms with Crippen LogP contribution in [0.15, 0.2) is 36.5 Å². The van der Waals surface area contributed by atoms with Crippen LogP contribution in [-0.4, -0.2) is 60.5 Å². The van der Waals surface area contributed by atoms with Crippen molar-refractivity contribution in [1.29, 1.82) is 0 Å². The molecule has 0 aromatic heterocycles. The van der Waals surface area contributed by atoms with Crippen LogP contribution in [0.2, 0.25) is 0 Å². The molecule has 3 unspecified atom stereocenters. The van der Waals surface area contributed by atoms with Gasteiger partial charge in [0.1, 0.15) is 12.1 Å². The van der Waals surface area contributed by atoms with Gasteiger partial charge in [-0.2, -0.15) is 0 Å². The number of carbonyl (C=O) groups excluding carboxylic acids is 1. The maximum absolute atomic E-state index is 12.7. The summed E-state index contributed by atoms with van der Waals surface area (Å²) in [4.78, 5) is 33.8. The first-order chi connectivity index (χ1) is 33.2. The average molecular weight is 982 g/mol. The zero-order valence-electron chi connectivity index (χ0n) is 44.2. The second kappa shape index (κ2) is 53.0. The molecule has 0 rings (SSSR count). The Balaban J connectivity index is 4.07. The number of hydrogen-bond acceptors (Lipinski definition) is 8. The molecule has 68 heavy (non-hydrogen) atoms. The third-order valence-corrected chi connectivity index (χ3v) is 13.6. The van der Waals surface area contributed by atoms with E-state index in [-0.39, 0.29) is 13.0 Å². The van der Waals surface area contributed by atoms with Crippen molar-refractivity contribution in [2.45, 2.75) is 289 Å². The Bertz CT molecular complexity index is 1230. The van der Waals surface area contributed by atoms with Crippen molar-refractivity contribution in [2.75, 3.05) is 26.4 Å². The number of carbonyl (C=O) groups is 2. The number of unbranched alkanes of at least 4 members (excludes halogenated alkanes) is 35. The second-order valence-corrected chi connectivity index (χ2v) is 20.9. The summed E-state index contributed by atoms with van der Waals surface area (Å²) < 4.78 is 33.6. The molecule has 0 aromatic rings. The van der Waals surface area contributed by atoms with Crippen molar-refractivity contribution in [3.05, 3.63) is 36.5 Å². The number of hydrogen-bond donors (Lipinski definition) is 3. The van der Waals surface area contributed by atoms with E-state index >= 15 is 0 Å². The van der Waals surface area contributed by atoms with Gasteiger partial charge in [-0.25, -0.2) is 4.57 Å². The van der Waals surface area contributed by atoms with Gasteiger partial charge >= 0.3 is 19.8 Å². The number of rotatable bonds is 55. The standard InChI is InChI=1S/C57H108NO9P/c1-3-5-7-9-11-13-15-17-19-21-23-25-27-29-31-33-35-37-39-41-43-45-47-49-56(59)67-54(52-65-68(62,63)66-53-55(58)57(60)61)51-64-50-48-46-44-42-40-38-36-34-32-30-28-26-24-22-20-18-16-14-12-10-8-6-4-2/h15,17,21,23,27,29,54-55H,3-14,16,18-20,22,24-26,28,30-53,58H2,1-2H3,(H,60,61)(H,62,63)/b17-15-,23-21-,29-27-. The Labute approximate surface area is 418 Å². The number of carboxylic acids is 1. The van der Waals surface area contributed by atoms with Gasteiger partial charge in [0.25, 0.3) is 0 Å². The zero-order valence-corrected chi connectivity index (χ0v) is 45.1. The number of esters is 1. The summed E-state index contributed by atoms with van der Waals surface area (Å²) in [6, 6.07) is -1.47. The fourth-order valence-corrected chi connectivity index (χ4v) is 9.04. The van der Waals surface area contributed by atoms with E-state index in [2.05, 4.69) is 50.3 Å². The van der Waals surface area contributed by atoms with Crippen LogP contribution in [0.25, 0.3) is 0 Å². The molecule has 0 spiro atoms. The summed E-state index contributed by atoms with van der Waals surface area (Å²) in [6.07, 6.45) is 63.5. The van der Waals surface area contributed by atoms with Gasteiger partial charge in [0.05, 0.1) is 19.8 Å². The van der Waals surface area contributed by atoms with Crippen LogP contribution >= 0.6 is 7.82 Å². The lowest BCUT2D eigenvalue weighted by Crippen LogP contribution is -2.34. The molecule has 0 aliphatic rings. The van der Waals surface area contributed by atoms with Crippen molar-refractivity contribution < 1.29 is 42.7 Å². The lowest BCUT2D eigenvalue weighted by molar-refractivity contribution is -0.154. The molecule has 10 nitrogen and oxygen atoms in total. The van der Waals surface area contributed by atoms with E-state index in [0.29, 0.717) is 13.0 Å². The van der Waals surface area contributed by atoms with E-state index in [4.69, 9.17) is 29.4 Å². The number of aliphatic carboxylic acids is 1. The minimum Gasteiger partial charge on any atom is -0.480 e. The first-order valence-corrected chi connectivity index (χ1v) is 30.0. The monoisotopic (exact) mass is 982 g/mol. The Morgan fingerprint density at radius 1 is 0.471 bits per heavy atom. The van der Waals surface area contributed by atoms with E-state index in [1.54, 1.807) is 0 Å². The highest BCUT2D eigenvalue weighted by atomic mass is 31.2. The number of allylic oxidation sites excluding steroid dienone is 6. The van der Waals surface area contributed by atoms with Gasteiger partial charge in [-0.1, -0.05) is 256 Å². The minimum absolute atomic E-state index is 0.0176. The number of nitrogens with two attached hydrogens (primary N) is 1. The summed E-state index contributed by atoms with van der Waals surface area (Å²) >= 11 is 0. The molecule has 0 aliphatic carbocycles. The Kier molecular flexibility index (Phi) is 51.6. The van der Waals surface area contributed by atoms with Crippen molar-refractivity contribution in [1.82, 2.24) is 0 Å². The Hall–Kier alpha value is -1.81. The molecule has 0 saturated carbocycles. The van der Waals surface area contributed by atoms with Crippen molar-refractivity contribution in [2.24, 2.45) is 5.73 Å². The lowest BCUT2D eigenvalue weighted by atomic mass is 10.0. The topological polar surface area (TPSA) is 155 Å². The smallest absolute Gasteiger partial charge is 0.472 e. The van der Waals surface area contributed by atoms with Gasteiger partial charge in [-0.3, -0.25) is 18.6 Å². The van der Waals surface area contributed by atoms with Crippen LogP contribution in [0.5, 0.6) is 0 Å². The largest absolute Gasteiger partial charge is 0.480 e. The van der Waals surface area contributed by atoms with E-state index in [0.717, 1.165) is 57.8 Å². The fourth-order valence-electron chi connectivity index (χ4n) is 8.26. The number of carboxylic acid groups (broad SMARTS) is 1. The predicted octanol–water partition coefficient (Wildman–Crippen LogP) is 17.2. The third kappa shape index (κ3) is 52.0. The predicted molar refractivity (Wildman–Crippen MR) is 286 cm³/mol. The highest BCUT2D eigenvalue weighted by Gasteiger charge is 2.27. The molecule has 3 atom stereocenters. The van der Waals surface area contributed by atoms with Gasteiger partial charge < -0.3 is 25.2 Å². The number of phosphoric ester groups is 1. The SMILES string of the molecule is CCCCCCC/C=C\C/C=C\C/C=C\CCCCCCCCCCC(=O)OC(COCCCCCCCCCCCCCCCCCCCCCCCCC)COP(=O)(O)OCC(N)C(=O)O. The minimum atomic E-state index is -4.63. The molecule has 0 aromatic carbocycles. The molecule has 11 heteroatoms. The lowest BCUT2D eigenvalue weighted by Gasteiger charge is -2.20. The molecule has 4 N–H and O–H groups in total. The number of phosphoric acid groups is 1. The van der Waals surface area contributed by atoms with Crippen LogP contribution in [0.1, 0.15) is 277 Å². The van der Waals surface area contributed by atoms with Crippen LogP contribution < -0.4 is 5.73 Å². The van der Waals surface area contributed by atoms with Crippen LogP contribution in [0.3, 0.4) is 0 Å². The molecule has 0 heterocycles. The van der Waals surface area contributed by atoms with Crippen molar-refractivity contribution >= 4 is 19.8 Å². The molecule has 400 valence electrons. The average Bonchev–Trinajstić information content (AvgIpc) is 3.32. The van der Waals surface area contributed by atoms with Crippen LogP contribution in [0.4, 0.5) is 0 Å².